The van der Waals surface area contributed by atoms with Crippen LogP contribution >= 0.6 is 0 Å². The fourth-order valence-electron chi connectivity index (χ4n) is 2.68. The van der Waals surface area contributed by atoms with Crippen LogP contribution < -0.4 is 19.5 Å². The second-order valence-electron chi connectivity index (χ2n) is 5.16. The number of rotatable bonds is 6. The van der Waals surface area contributed by atoms with Gasteiger partial charge in [0.1, 0.15) is 5.75 Å². The molecule has 0 fully saturated rings. The third-order valence-corrected chi connectivity index (χ3v) is 3.76. The van der Waals surface area contributed by atoms with Crippen LogP contribution in [0.15, 0.2) is 24.3 Å². The van der Waals surface area contributed by atoms with Gasteiger partial charge in [0.25, 0.3) is 0 Å². The van der Waals surface area contributed by atoms with Crippen molar-refractivity contribution in [3.8, 4) is 17.2 Å². The number of hydrogen-bond acceptors (Lipinski definition) is 4. The molecule has 0 aliphatic carbocycles. The van der Waals surface area contributed by atoms with E-state index in [0.717, 1.165) is 41.3 Å². The smallest absolute Gasteiger partial charge is 0.412 e. The number of unbranched alkanes of at least 4 members (excludes halogenated alkanes) is 1. The van der Waals surface area contributed by atoms with Crippen molar-refractivity contribution in [1.82, 2.24) is 5.32 Å². The fourth-order valence-corrected chi connectivity index (χ4v) is 2.68. The lowest BCUT2D eigenvalue weighted by molar-refractivity contribution is 0.201. The minimum atomic E-state index is -0.528. The first-order valence-electron chi connectivity index (χ1n) is 7.73. The van der Waals surface area contributed by atoms with Crippen LogP contribution in [-0.4, -0.2) is 27.4 Å². The quantitative estimate of drug-likeness (QED) is 0.877. The molecule has 2 rings (SSSR count). The Balaban J connectivity index is 2.76. The maximum atomic E-state index is 11.8. The summed E-state index contributed by atoms with van der Waals surface area (Å²) in [5.41, 5.74) is 0.925. The number of methoxy groups -OCH3 is 2. The fraction of sp³-hybridized carbons (Fsp3) is 0.389. The van der Waals surface area contributed by atoms with Crippen LogP contribution in [0.4, 0.5) is 4.79 Å². The highest BCUT2D eigenvalue weighted by molar-refractivity contribution is 5.98. The second-order valence-corrected chi connectivity index (χ2v) is 5.16. The average molecular weight is 317 g/mol. The summed E-state index contributed by atoms with van der Waals surface area (Å²) in [5, 5.41) is 4.16. The van der Waals surface area contributed by atoms with Gasteiger partial charge >= 0.3 is 6.09 Å². The molecule has 0 saturated heterocycles. The van der Waals surface area contributed by atoms with Crippen molar-refractivity contribution < 1.29 is 19.0 Å². The number of amides is 1. The van der Waals surface area contributed by atoms with E-state index >= 15 is 0 Å². The number of fused-ring (bicyclic) bond motifs is 1. The van der Waals surface area contributed by atoms with Crippen molar-refractivity contribution in [2.45, 2.75) is 26.2 Å². The van der Waals surface area contributed by atoms with E-state index < -0.39 is 6.09 Å². The van der Waals surface area contributed by atoms with Gasteiger partial charge in [-0.1, -0.05) is 37.6 Å². The third-order valence-electron chi connectivity index (χ3n) is 3.76. The normalized spacial score (nSPS) is 10.4. The Hall–Kier alpha value is -2.43. The van der Waals surface area contributed by atoms with Crippen molar-refractivity contribution >= 4 is 16.9 Å². The predicted octanol–water partition coefficient (Wildman–Crippen LogP) is 3.92. The predicted molar refractivity (Wildman–Crippen MR) is 90.7 cm³/mol. The summed E-state index contributed by atoms with van der Waals surface area (Å²) in [5.74, 6) is 1.75. The topological polar surface area (TPSA) is 56.8 Å². The van der Waals surface area contributed by atoms with Gasteiger partial charge in [0, 0.05) is 23.4 Å². The number of benzene rings is 2. The average Bonchev–Trinajstić information content (AvgIpc) is 2.59. The van der Waals surface area contributed by atoms with Gasteiger partial charge in [-0.3, -0.25) is 0 Å². The van der Waals surface area contributed by atoms with Crippen molar-refractivity contribution in [3.63, 3.8) is 0 Å². The van der Waals surface area contributed by atoms with E-state index in [0.29, 0.717) is 11.5 Å². The zero-order chi connectivity index (χ0) is 16.8. The van der Waals surface area contributed by atoms with E-state index in [4.69, 9.17) is 14.2 Å². The van der Waals surface area contributed by atoms with E-state index in [2.05, 4.69) is 12.2 Å². The maximum Gasteiger partial charge on any atom is 0.412 e. The minimum Gasteiger partial charge on any atom is -0.496 e. The highest BCUT2D eigenvalue weighted by atomic mass is 16.6. The number of ether oxygens (including phenoxy) is 3. The molecule has 2 aromatic rings. The molecule has 23 heavy (non-hydrogen) atoms. The molecule has 0 spiro atoms. The molecule has 0 aliphatic heterocycles. The summed E-state index contributed by atoms with van der Waals surface area (Å²) in [6.07, 6.45) is 2.30. The third kappa shape index (κ3) is 3.33. The molecule has 0 bridgehead atoms. The molecule has 5 heteroatoms. The van der Waals surface area contributed by atoms with Crippen molar-refractivity contribution in [1.29, 1.82) is 0 Å². The van der Waals surface area contributed by atoms with Crippen molar-refractivity contribution in [3.05, 3.63) is 29.8 Å². The van der Waals surface area contributed by atoms with Crippen LogP contribution in [-0.2, 0) is 6.42 Å². The number of carbonyl (C=O) groups excluding carboxylic acids is 1. The zero-order valence-corrected chi connectivity index (χ0v) is 14.1. The molecule has 0 aliphatic rings. The monoisotopic (exact) mass is 317 g/mol. The van der Waals surface area contributed by atoms with Gasteiger partial charge in [-0.15, -0.1) is 0 Å². The summed E-state index contributed by atoms with van der Waals surface area (Å²) in [4.78, 5) is 11.8. The highest BCUT2D eigenvalue weighted by Crippen LogP contribution is 2.46. The maximum absolute atomic E-state index is 11.8. The molecule has 1 amide bonds. The highest BCUT2D eigenvalue weighted by Gasteiger charge is 2.23. The molecule has 124 valence electrons. The van der Waals surface area contributed by atoms with Gasteiger partial charge < -0.3 is 19.5 Å². The SMILES string of the molecule is CCCCc1c(OC)c(OC(=O)NC)c2ccccc2c1OC. The van der Waals surface area contributed by atoms with E-state index in [1.165, 1.54) is 7.05 Å². The van der Waals surface area contributed by atoms with Gasteiger partial charge in [0.05, 0.1) is 14.2 Å². The summed E-state index contributed by atoms with van der Waals surface area (Å²) in [6, 6.07) is 7.68. The molecule has 5 nitrogen and oxygen atoms in total. The van der Waals surface area contributed by atoms with Crippen LogP contribution in [0.5, 0.6) is 17.2 Å². The van der Waals surface area contributed by atoms with Crippen LogP contribution in [0.3, 0.4) is 0 Å². The first kappa shape index (κ1) is 16.9. The Labute approximate surface area is 136 Å². The summed E-state index contributed by atoms with van der Waals surface area (Å²) >= 11 is 0. The molecular formula is C18H23NO4. The number of carbonyl (C=O) groups is 1. The second kappa shape index (κ2) is 7.72. The molecule has 0 aromatic heterocycles. The lowest BCUT2D eigenvalue weighted by atomic mass is 9.99. The summed E-state index contributed by atoms with van der Waals surface area (Å²) in [6.45, 7) is 2.13. The molecule has 0 unspecified atom stereocenters. The standard InChI is InChI=1S/C18H23NO4/c1-5-6-9-14-15(21-3)12-10-7-8-11-13(12)17(16(14)22-4)23-18(20)19-2/h7-8,10-11H,5-6,9H2,1-4H3,(H,19,20). The van der Waals surface area contributed by atoms with E-state index in [-0.39, 0.29) is 0 Å². The van der Waals surface area contributed by atoms with Crippen molar-refractivity contribution in [2.75, 3.05) is 21.3 Å². The molecule has 0 heterocycles. The molecule has 0 radical (unpaired) electrons. The van der Waals surface area contributed by atoms with Gasteiger partial charge in [-0.25, -0.2) is 4.79 Å². The van der Waals surface area contributed by atoms with Gasteiger partial charge in [-0.2, -0.15) is 0 Å². The van der Waals surface area contributed by atoms with Crippen LogP contribution in [0.25, 0.3) is 10.8 Å². The zero-order valence-electron chi connectivity index (χ0n) is 14.1. The molecule has 0 atom stereocenters. The molecular weight excluding hydrogens is 294 g/mol. The van der Waals surface area contributed by atoms with Crippen molar-refractivity contribution in [2.24, 2.45) is 0 Å². The first-order valence-corrected chi connectivity index (χ1v) is 7.73. The van der Waals surface area contributed by atoms with Gasteiger partial charge in [0.15, 0.2) is 11.5 Å². The number of nitrogens with one attached hydrogen (secondary N) is 1. The minimum absolute atomic E-state index is 0.425. The van der Waals surface area contributed by atoms with E-state index in [1.54, 1.807) is 14.2 Å². The Bertz CT molecular complexity index is 697. The van der Waals surface area contributed by atoms with Crippen LogP contribution in [0.1, 0.15) is 25.3 Å². The number of hydrogen-bond donors (Lipinski definition) is 1. The van der Waals surface area contributed by atoms with Gasteiger partial charge in [-0.05, 0) is 12.8 Å². The lowest BCUT2D eigenvalue weighted by Gasteiger charge is -2.20. The molecule has 1 N–H and O–H groups in total. The van der Waals surface area contributed by atoms with E-state index in [9.17, 15) is 4.79 Å². The van der Waals surface area contributed by atoms with Gasteiger partial charge in [0.2, 0.25) is 0 Å². The van der Waals surface area contributed by atoms with Crippen LogP contribution in [0, 0.1) is 0 Å². The summed E-state index contributed by atoms with van der Waals surface area (Å²) in [7, 11) is 4.75. The Morgan fingerprint density at radius 1 is 1.04 bits per heavy atom. The van der Waals surface area contributed by atoms with E-state index in [1.807, 2.05) is 24.3 Å². The molecule has 0 saturated carbocycles. The largest absolute Gasteiger partial charge is 0.496 e. The molecule has 2 aromatic carbocycles. The Morgan fingerprint density at radius 3 is 2.17 bits per heavy atom. The Kier molecular flexibility index (Phi) is 5.68. The summed E-state index contributed by atoms with van der Waals surface area (Å²) < 4.78 is 16.7. The first-order chi connectivity index (χ1) is 11.2. The Morgan fingerprint density at radius 2 is 1.65 bits per heavy atom. The lowest BCUT2D eigenvalue weighted by Crippen LogP contribution is -2.22. The van der Waals surface area contributed by atoms with Crippen LogP contribution in [0.2, 0.25) is 0 Å².